The minimum Gasteiger partial charge on any atom is -0.327 e. The zero-order valence-electron chi connectivity index (χ0n) is 11.6. The molecule has 3 fully saturated rings. The molecule has 4 nitrogen and oxygen atoms in total. The first-order valence-electron chi connectivity index (χ1n) is 7.79. The molecule has 0 bridgehead atoms. The van der Waals surface area contributed by atoms with Gasteiger partial charge in [0.15, 0.2) is 0 Å². The monoisotopic (exact) mass is 286 g/mol. The van der Waals surface area contributed by atoms with Crippen molar-refractivity contribution in [2.24, 2.45) is 23.5 Å². The van der Waals surface area contributed by atoms with E-state index in [9.17, 15) is 8.42 Å². The van der Waals surface area contributed by atoms with Gasteiger partial charge in [0.2, 0.25) is 10.0 Å². The summed E-state index contributed by atoms with van der Waals surface area (Å²) in [5, 5.41) is 0. The lowest BCUT2D eigenvalue weighted by Gasteiger charge is -2.29. The van der Waals surface area contributed by atoms with Crippen molar-refractivity contribution in [3.63, 3.8) is 0 Å². The van der Waals surface area contributed by atoms with Crippen LogP contribution in [0.25, 0.3) is 0 Å². The van der Waals surface area contributed by atoms with Gasteiger partial charge in [0.25, 0.3) is 0 Å². The predicted octanol–water partition coefficient (Wildman–Crippen LogP) is 1.57. The minimum absolute atomic E-state index is 0.213. The quantitative estimate of drug-likeness (QED) is 0.856. The lowest BCUT2D eigenvalue weighted by Crippen LogP contribution is -2.39. The van der Waals surface area contributed by atoms with Crippen molar-refractivity contribution < 1.29 is 8.42 Å². The zero-order chi connectivity index (χ0) is 13.5. The lowest BCUT2D eigenvalue weighted by atomic mass is 9.78. The first-order chi connectivity index (χ1) is 9.06. The highest BCUT2D eigenvalue weighted by molar-refractivity contribution is 7.89. The Labute approximate surface area is 116 Å². The average molecular weight is 286 g/mol. The van der Waals surface area contributed by atoms with E-state index >= 15 is 0 Å². The molecule has 3 aliphatic rings. The molecular weight excluding hydrogens is 260 g/mol. The van der Waals surface area contributed by atoms with Crippen molar-refractivity contribution in [3.8, 4) is 0 Å². The molecule has 0 radical (unpaired) electrons. The third kappa shape index (κ3) is 2.83. The molecule has 0 amide bonds. The van der Waals surface area contributed by atoms with Crippen LogP contribution in [0.4, 0.5) is 0 Å². The van der Waals surface area contributed by atoms with Gasteiger partial charge in [-0.2, -0.15) is 0 Å². The maximum Gasteiger partial charge on any atom is 0.214 e. The fourth-order valence-electron chi connectivity index (χ4n) is 4.28. The second-order valence-electron chi connectivity index (χ2n) is 6.76. The van der Waals surface area contributed by atoms with Crippen LogP contribution in [0.2, 0.25) is 0 Å². The first kappa shape index (κ1) is 13.8. The summed E-state index contributed by atoms with van der Waals surface area (Å²) in [6.45, 7) is 1.41. The Balaban J connectivity index is 1.65. The van der Waals surface area contributed by atoms with Gasteiger partial charge in [-0.1, -0.05) is 19.3 Å². The Bertz CT molecular complexity index is 417. The molecule has 110 valence electrons. The van der Waals surface area contributed by atoms with Gasteiger partial charge in [0, 0.05) is 19.1 Å². The molecule has 0 aromatic carbocycles. The molecule has 19 heavy (non-hydrogen) atoms. The summed E-state index contributed by atoms with van der Waals surface area (Å²) in [5.74, 6) is 1.71. The molecule has 0 spiro atoms. The van der Waals surface area contributed by atoms with Crippen LogP contribution in [-0.4, -0.2) is 37.6 Å². The number of rotatable bonds is 3. The summed E-state index contributed by atoms with van der Waals surface area (Å²) >= 11 is 0. The molecule has 5 heteroatoms. The molecule has 0 aromatic rings. The topological polar surface area (TPSA) is 63.4 Å². The fourth-order valence-corrected chi connectivity index (χ4v) is 6.24. The normalized spacial score (nSPS) is 37.6. The molecule has 3 unspecified atom stereocenters. The zero-order valence-corrected chi connectivity index (χ0v) is 12.4. The molecule has 0 aromatic heterocycles. The van der Waals surface area contributed by atoms with Crippen LogP contribution in [0.15, 0.2) is 0 Å². The summed E-state index contributed by atoms with van der Waals surface area (Å²) in [7, 11) is -3.05. The van der Waals surface area contributed by atoms with Gasteiger partial charge in [0.05, 0.1) is 5.75 Å². The molecule has 1 aliphatic heterocycles. The van der Waals surface area contributed by atoms with Crippen LogP contribution in [0, 0.1) is 17.8 Å². The molecule has 1 saturated heterocycles. The van der Waals surface area contributed by atoms with Crippen molar-refractivity contribution in [1.82, 2.24) is 4.31 Å². The maximum absolute atomic E-state index is 12.5. The van der Waals surface area contributed by atoms with Crippen molar-refractivity contribution in [1.29, 1.82) is 0 Å². The summed E-state index contributed by atoms with van der Waals surface area (Å²) in [5.41, 5.74) is 6.17. The van der Waals surface area contributed by atoms with Crippen LogP contribution in [-0.2, 0) is 10.0 Å². The van der Waals surface area contributed by atoms with Crippen LogP contribution in [0.1, 0.15) is 44.9 Å². The molecule has 2 aliphatic carbocycles. The molecule has 3 atom stereocenters. The largest absolute Gasteiger partial charge is 0.327 e. The van der Waals surface area contributed by atoms with E-state index in [1.54, 1.807) is 4.31 Å². The van der Waals surface area contributed by atoms with Crippen molar-refractivity contribution in [2.45, 2.75) is 51.0 Å². The van der Waals surface area contributed by atoms with Gasteiger partial charge in [-0.05, 0) is 43.4 Å². The van der Waals surface area contributed by atoms with E-state index in [1.807, 2.05) is 0 Å². The highest BCUT2D eigenvalue weighted by atomic mass is 32.2. The summed E-state index contributed by atoms with van der Waals surface area (Å²) < 4.78 is 26.8. The second-order valence-corrected chi connectivity index (χ2v) is 8.78. The van der Waals surface area contributed by atoms with Gasteiger partial charge in [0.1, 0.15) is 0 Å². The molecule has 2 saturated carbocycles. The van der Waals surface area contributed by atoms with Crippen molar-refractivity contribution in [3.05, 3.63) is 0 Å². The Morgan fingerprint density at radius 1 is 1.00 bits per heavy atom. The van der Waals surface area contributed by atoms with Crippen LogP contribution in [0.3, 0.4) is 0 Å². The predicted molar refractivity (Wildman–Crippen MR) is 76.1 cm³/mol. The lowest BCUT2D eigenvalue weighted by molar-refractivity contribution is 0.260. The summed E-state index contributed by atoms with van der Waals surface area (Å²) in [6.07, 6.45) is 8.00. The highest BCUT2D eigenvalue weighted by Crippen LogP contribution is 2.37. The minimum atomic E-state index is -3.05. The third-order valence-corrected chi connectivity index (χ3v) is 7.41. The van der Waals surface area contributed by atoms with E-state index in [0.29, 0.717) is 30.1 Å². The van der Waals surface area contributed by atoms with Crippen molar-refractivity contribution >= 4 is 10.0 Å². The average Bonchev–Trinajstić information content (AvgIpc) is 2.97. The Kier molecular flexibility index (Phi) is 3.89. The van der Waals surface area contributed by atoms with Gasteiger partial charge < -0.3 is 5.73 Å². The van der Waals surface area contributed by atoms with Gasteiger partial charge in [-0.15, -0.1) is 0 Å². The van der Waals surface area contributed by atoms with Crippen LogP contribution < -0.4 is 5.73 Å². The van der Waals surface area contributed by atoms with E-state index in [4.69, 9.17) is 5.73 Å². The second kappa shape index (κ2) is 5.34. The SMILES string of the molecule is NC1CCCC2CN(S(=O)(=O)CC3CCCC3)CC12. The van der Waals surface area contributed by atoms with E-state index in [2.05, 4.69) is 0 Å². The maximum atomic E-state index is 12.5. The Hall–Kier alpha value is -0.130. The number of sulfonamides is 1. The van der Waals surface area contributed by atoms with Crippen molar-refractivity contribution in [2.75, 3.05) is 18.8 Å². The van der Waals surface area contributed by atoms with E-state index in [0.717, 1.165) is 32.2 Å². The molecule has 1 heterocycles. The van der Waals surface area contributed by atoms with E-state index < -0.39 is 10.0 Å². The van der Waals surface area contributed by atoms with Crippen LogP contribution in [0.5, 0.6) is 0 Å². The highest BCUT2D eigenvalue weighted by Gasteiger charge is 2.43. The Morgan fingerprint density at radius 3 is 2.42 bits per heavy atom. The van der Waals surface area contributed by atoms with Crippen LogP contribution >= 0.6 is 0 Å². The number of fused-ring (bicyclic) bond motifs is 1. The molecule has 2 N–H and O–H groups in total. The fraction of sp³-hybridized carbons (Fsp3) is 1.00. The van der Waals surface area contributed by atoms with Gasteiger partial charge >= 0.3 is 0 Å². The summed E-state index contributed by atoms with van der Waals surface area (Å²) in [4.78, 5) is 0. The molecular formula is C14H26N2O2S. The number of nitrogens with zero attached hydrogens (tertiary/aromatic N) is 1. The Morgan fingerprint density at radius 2 is 1.74 bits per heavy atom. The standard InChI is InChI=1S/C14H26N2O2S/c15-14-7-3-6-12-8-16(9-13(12)14)19(17,18)10-11-4-1-2-5-11/h11-14H,1-10,15H2. The van der Waals surface area contributed by atoms with E-state index in [-0.39, 0.29) is 6.04 Å². The number of hydrogen-bond donors (Lipinski definition) is 1. The summed E-state index contributed by atoms with van der Waals surface area (Å²) in [6, 6.07) is 0.213. The van der Waals surface area contributed by atoms with E-state index in [1.165, 1.54) is 19.3 Å². The van der Waals surface area contributed by atoms with Gasteiger partial charge in [-0.25, -0.2) is 12.7 Å². The third-order valence-electron chi connectivity index (χ3n) is 5.43. The first-order valence-corrected chi connectivity index (χ1v) is 9.40. The number of nitrogens with two attached hydrogens (primary N) is 1. The molecule has 3 rings (SSSR count). The smallest absolute Gasteiger partial charge is 0.214 e. The van der Waals surface area contributed by atoms with Gasteiger partial charge in [-0.3, -0.25) is 0 Å². The number of hydrogen-bond acceptors (Lipinski definition) is 3.